The van der Waals surface area contributed by atoms with Gasteiger partial charge in [0.25, 0.3) is 5.91 Å². The van der Waals surface area contributed by atoms with E-state index in [9.17, 15) is 9.59 Å². The van der Waals surface area contributed by atoms with Crippen molar-refractivity contribution in [2.75, 3.05) is 6.54 Å². The van der Waals surface area contributed by atoms with Crippen LogP contribution in [0.2, 0.25) is 0 Å². The predicted octanol–water partition coefficient (Wildman–Crippen LogP) is 0.627. The van der Waals surface area contributed by atoms with Crippen molar-refractivity contribution in [3.05, 3.63) is 16.1 Å². The van der Waals surface area contributed by atoms with E-state index in [1.165, 1.54) is 11.3 Å². The van der Waals surface area contributed by atoms with E-state index in [0.29, 0.717) is 37.9 Å². The van der Waals surface area contributed by atoms with Gasteiger partial charge >= 0.3 is 5.97 Å². The van der Waals surface area contributed by atoms with E-state index >= 15 is 0 Å². The largest absolute Gasteiger partial charge is 0.481 e. The second kappa shape index (κ2) is 6.12. The lowest BCUT2D eigenvalue weighted by Gasteiger charge is -2.10. The molecule has 0 bridgehead atoms. The van der Waals surface area contributed by atoms with Crippen LogP contribution >= 0.6 is 11.3 Å². The van der Waals surface area contributed by atoms with Crippen LogP contribution in [0.4, 0.5) is 0 Å². The number of nitrogens with zero attached hydrogens (tertiary/aromatic N) is 1. The molecular weight excluding hydrogens is 266 g/mol. The number of carbonyl (C=O) groups excluding carboxylic acids is 1. The minimum Gasteiger partial charge on any atom is -0.481 e. The molecule has 1 aromatic heterocycles. The summed E-state index contributed by atoms with van der Waals surface area (Å²) in [7, 11) is 0. The molecule has 7 heteroatoms. The number of aliphatic carboxylic acids is 1. The Morgan fingerprint density at radius 1 is 1.53 bits per heavy atom. The highest BCUT2D eigenvalue weighted by molar-refractivity contribution is 7.09. The van der Waals surface area contributed by atoms with Crippen LogP contribution in [-0.2, 0) is 11.2 Å². The van der Waals surface area contributed by atoms with E-state index in [-0.39, 0.29) is 17.9 Å². The molecule has 2 atom stereocenters. The van der Waals surface area contributed by atoms with E-state index in [4.69, 9.17) is 10.8 Å². The summed E-state index contributed by atoms with van der Waals surface area (Å²) in [4.78, 5) is 27.0. The highest BCUT2D eigenvalue weighted by atomic mass is 32.1. The van der Waals surface area contributed by atoms with Gasteiger partial charge in [-0.1, -0.05) is 0 Å². The van der Waals surface area contributed by atoms with Gasteiger partial charge in [0.2, 0.25) is 0 Å². The van der Waals surface area contributed by atoms with Crippen molar-refractivity contribution < 1.29 is 14.7 Å². The molecule has 1 aliphatic rings. The zero-order valence-electron chi connectivity index (χ0n) is 10.5. The molecular formula is C12H17N3O3S. The standard InChI is InChI=1S/C12H17N3O3S/c13-4-3-10-15-9(6-19-10)11(16)14-8-2-1-7(5-8)12(17)18/h6-8H,1-5,13H2,(H,14,16)(H,17,18)/t7-,8+/m1/s1. The number of nitrogens with one attached hydrogen (secondary N) is 1. The van der Waals surface area contributed by atoms with Gasteiger partial charge in [-0.2, -0.15) is 0 Å². The van der Waals surface area contributed by atoms with Gasteiger partial charge in [0.15, 0.2) is 0 Å². The minimum absolute atomic E-state index is 0.0618. The molecule has 104 valence electrons. The Hall–Kier alpha value is -1.47. The fourth-order valence-corrected chi connectivity index (χ4v) is 3.04. The summed E-state index contributed by atoms with van der Waals surface area (Å²) in [5.74, 6) is -1.35. The number of thiazole rings is 1. The summed E-state index contributed by atoms with van der Waals surface area (Å²) in [5.41, 5.74) is 5.83. The van der Waals surface area contributed by atoms with Crippen LogP contribution in [0.3, 0.4) is 0 Å². The van der Waals surface area contributed by atoms with Crippen molar-refractivity contribution in [1.82, 2.24) is 10.3 Å². The molecule has 0 aliphatic heterocycles. The van der Waals surface area contributed by atoms with Crippen molar-refractivity contribution in [3.8, 4) is 0 Å². The first kappa shape index (κ1) is 14.0. The van der Waals surface area contributed by atoms with Crippen LogP contribution in [0.15, 0.2) is 5.38 Å². The van der Waals surface area contributed by atoms with Gasteiger partial charge in [0, 0.05) is 17.8 Å². The Kier molecular flexibility index (Phi) is 4.49. The highest BCUT2D eigenvalue weighted by Gasteiger charge is 2.30. The van der Waals surface area contributed by atoms with E-state index in [0.717, 1.165) is 5.01 Å². The number of hydrogen-bond donors (Lipinski definition) is 3. The summed E-state index contributed by atoms with van der Waals surface area (Å²) in [6.07, 6.45) is 2.50. The van der Waals surface area contributed by atoms with Gasteiger partial charge in [-0.25, -0.2) is 4.98 Å². The van der Waals surface area contributed by atoms with Crippen LogP contribution in [0.1, 0.15) is 34.8 Å². The lowest BCUT2D eigenvalue weighted by atomic mass is 10.1. The summed E-state index contributed by atoms with van der Waals surface area (Å²) in [6, 6.07) is -0.0618. The molecule has 4 N–H and O–H groups in total. The van der Waals surface area contributed by atoms with Crippen LogP contribution in [0, 0.1) is 5.92 Å². The van der Waals surface area contributed by atoms with Gasteiger partial charge in [-0.15, -0.1) is 11.3 Å². The molecule has 0 unspecified atom stereocenters. The molecule has 2 rings (SSSR count). The quantitative estimate of drug-likeness (QED) is 0.735. The Balaban J connectivity index is 1.88. The van der Waals surface area contributed by atoms with Crippen LogP contribution in [-0.4, -0.2) is 34.6 Å². The second-order valence-corrected chi connectivity index (χ2v) is 5.63. The summed E-state index contributed by atoms with van der Waals surface area (Å²) < 4.78 is 0. The average molecular weight is 283 g/mol. The first-order chi connectivity index (χ1) is 9.10. The number of carboxylic acid groups (broad SMARTS) is 1. The molecule has 0 saturated heterocycles. The average Bonchev–Trinajstić information content (AvgIpc) is 2.98. The number of aromatic nitrogens is 1. The van der Waals surface area contributed by atoms with Gasteiger partial charge in [0.1, 0.15) is 5.69 Å². The summed E-state index contributed by atoms with van der Waals surface area (Å²) in [6.45, 7) is 0.511. The fraction of sp³-hybridized carbons (Fsp3) is 0.583. The third-order valence-electron chi connectivity index (χ3n) is 3.26. The van der Waals surface area contributed by atoms with Crippen molar-refractivity contribution in [2.24, 2.45) is 11.7 Å². The smallest absolute Gasteiger partial charge is 0.306 e. The van der Waals surface area contributed by atoms with E-state index in [1.54, 1.807) is 5.38 Å². The number of carbonyl (C=O) groups is 2. The maximum Gasteiger partial charge on any atom is 0.306 e. The zero-order valence-corrected chi connectivity index (χ0v) is 11.3. The molecule has 0 aromatic carbocycles. The van der Waals surface area contributed by atoms with Gasteiger partial charge in [-0.05, 0) is 25.8 Å². The fourth-order valence-electron chi connectivity index (χ4n) is 2.25. The third-order valence-corrected chi connectivity index (χ3v) is 4.17. The number of carboxylic acids is 1. The van der Waals surface area contributed by atoms with Gasteiger partial charge in [0.05, 0.1) is 10.9 Å². The van der Waals surface area contributed by atoms with Crippen LogP contribution in [0.5, 0.6) is 0 Å². The molecule has 1 saturated carbocycles. The molecule has 1 aliphatic carbocycles. The first-order valence-corrected chi connectivity index (χ1v) is 7.16. The Bertz CT molecular complexity index is 475. The lowest BCUT2D eigenvalue weighted by molar-refractivity contribution is -0.141. The summed E-state index contributed by atoms with van der Waals surface area (Å²) in [5, 5.41) is 14.3. The van der Waals surface area contributed by atoms with Crippen LogP contribution < -0.4 is 11.1 Å². The monoisotopic (exact) mass is 283 g/mol. The Labute approximate surface area is 115 Å². The zero-order chi connectivity index (χ0) is 13.8. The Morgan fingerprint density at radius 2 is 2.32 bits per heavy atom. The first-order valence-electron chi connectivity index (χ1n) is 6.28. The Morgan fingerprint density at radius 3 is 2.95 bits per heavy atom. The maximum atomic E-state index is 11.9. The molecule has 1 heterocycles. The molecule has 6 nitrogen and oxygen atoms in total. The van der Waals surface area contributed by atoms with Crippen molar-refractivity contribution in [2.45, 2.75) is 31.7 Å². The number of rotatable bonds is 5. The molecule has 0 spiro atoms. The lowest BCUT2D eigenvalue weighted by Crippen LogP contribution is -2.33. The maximum absolute atomic E-state index is 11.9. The predicted molar refractivity (Wildman–Crippen MR) is 71.1 cm³/mol. The molecule has 1 amide bonds. The van der Waals surface area contributed by atoms with E-state index in [1.807, 2.05) is 0 Å². The SMILES string of the molecule is NCCc1nc(C(=O)N[C@H]2CC[C@@H](C(=O)O)C2)cs1. The van der Waals surface area contributed by atoms with Crippen molar-refractivity contribution in [3.63, 3.8) is 0 Å². The van der Waals surface area contributed by atoms with E-state index in [2.05, 4.69) is 10.3 Å². The minimum atomic E-state index is -0.782. The third kappa shape index (κ3) is 3.51. The van der Waals surface area contributed by atoms with Crippen LogP contribution in [0.25, 0.3) is 0 Å². The second-order valence-electron chi connectivity index (χ2n) is 4.68. The van der Waals surface area contributed by atoms with E-state index < -0.39 is 5.97 Å². The number of amides is 1. The topological polar surface area (TPSA) is 105 Å². The number of nitrogens with two attached hydrogens (primary N) is 1. The van der Waals surface area contributed by atoms with Crippen molar-refractivity contribution in [1.29, 1.82) is 0 Å². The molecule has 1 aromatic rings. The molecule has 0 radical (unpaired) electrons. The number of hydrogen-bond acceptors (Lipinski definition) is 5. The van der Waals surface area contributed by atoms with Gasteiger partial charge in [-0.3, -0.25) is 9.59 Å². The summed E-state index contributed by atoms with van der Waals surface area (Å²) >= 11 is 1.42. The normalized spacial score (nSPS) is 22.4. The molecule has 1 fully saturated rings. The van der Waals surface area contributed by atoms with Crippen molar-refractivity contribution >= 4 is 23.2 Å². The molecule has 19 heavy (non-hydrogen) atoms. The van der Waals surface area contributed by atoms with Gasteiger partial charge < -0.3 is 16.2 Å². The highest BCUT2D eigenvalue weighted by Crippen LogP contribution is 2.25.